The van der Waals surface area contributed by atoms with Crippen LogP contribution in [0.2, 0.25) is 0 Å². The number of halogens is 3. The van der Waals surface area contributed by atoms with E-state index in [-0.39, 0.29) is 5.69 Å². The second-order valence-corrected chi connectivity index (χ2v) is 4.85. The van der Waals surface area contributed by atoms with E-state index in [1.165, 1.54) is 0 Å². The summed E-state index contributed by atoms with van der Waals surface area (Å²) in [5.74, 6) is -0.284. The molecule has 0 radical (unpaired) electrons. The van der Waals surface area contributed by atoms with Gasteiger partial charge in [0.15, 0.2) is 0 Å². The monoisotopic (exact) mass is 327 g/mol. The van der Waals surface area contributed by atoms with Crippen molar-refractivity contribution in [3.05, 3.63) is 58.1 Å². The maximum Gasteiger partial charge on any atom is 0.146 e. The molecule has 0 heterocycles. The van der Waals surface area contributed by atoms with E-state index >= 15 is 0 Å². The Morgan fingerprint density at radius 3 is 2.68 bits per heavy atom. The first-order valence-corrected chi connectivity index (χ1v) is 6.41. The molecule has 0 fully saturated rings. The summed E-state index contributed by atoms with van der Waals surface area (Å²) in [4.78, 5) is 0. The molecule has 0 spiro atoms. The summed E-state index contributed by atoms with van der Waals surface area (Å²) in [6, 6.07) is 8.83. The van der Waals surface area contributed by atoms with E-state index in [2.05, 4.69) is 21.2 Å². The van der Waals surface area contributed by atoms with Crippen molar-refractivity contribution in [3.63, 3.8) is 0 Å². The molecule has 0 amide bonds. The summed E-state index contributed by atoms with van der Waals surface area (Å²) < 4.78 is 32.6. The third kappa shape index (κ3) is 3.44. The van der Waals surface area contributed by atoms with Crippen molar-refractivity contribution >= 4 is 21.6 Å². The molecule has 2 nitrogen and oxygen atoms in total. The molecule has 0 unspecified atom stereocenters. The Morgan fingerprint density at radius 2 is 1.95 bits per heavy atom. The lowest BCUT2D eigenvalue weighted by molar-refractivity contribution is 0.410. The molecular formula is C14H12BrF2NO. The summed E-state index contributed by atoms with van der Waals surface area (Å²) >= 11 is 3.36. The van der Waals surface area contributed by atoms with Crippen LogP contribution in [0.15, 0.2) is 40.9 Å². The smallest absolute Gasteiger partial charge is 0.146 e. The maximum absolute atomic E-state index is 13.5. The van der Waals surface area contributed by atoms with E-state index in [1.807, 2.05) is 18.2 Å². The molecule has 0 bridgehead atoms. The molecule has 5 heteroatoms. The van der Waals surface area contributed by atoms with Crippen molar-refractivity contribution in [1.29, 1.82) is 0 Å². The van der Waals surface area contributed by atoms with Gasteiger partial charge in [0.25, 0.3) is 0 Å². The maximum atomic E-state index is 13.5. The van der Waals surface area contributed by atoms with Crippen LogP contribution in [0.5, 0.6) is 5.75 Å². The van der Waals surface area contributed by atoms with Crippen LogP contribution in [0.4, 0.5) is 14.5 Å². The number of nitrogens with one attached hydrogen (secondary N) is 1. The lowest BCUT2D eigenvalue weighted by Gasteiger charge is -2.11. The van der Waals surface area contributed by atoms with E-state index in [0.29, 0.717) is 12.3 Å². The molecular weight excluding hydrogens is 316 g/mol. The Hall–Kier alpha value is -1.62. The zero-order valence-corrected chi connectivity index (χ0v) is 11.8. The highest BCUT2D eigenvalue weighted by molar-refractivity contribution is 9.10. The molecule has 100 valence electrons. The number of rotatable bonds is 4. The number of methoxy groups -OCH3 is 1. The predicted octanol–water partition coefficient (Wildman–Crippen LogP) is 4.35. The Bertz CT molecular complexity index is 590. The van der Waals surface area contributed by atoms with Crippen LogP contribution in [0.3, 0.4) is 0 Å². The molecule has 0 aliphatic carbocycles. The third-order valence-electron chi connectivity index (χ3n) is 2.64. The van der Waals surface area contributed by atoms with Crippen molar-refractivity contribution in [2.45, 2.75) is 6.54 Å². The molecule has 2 aromatic carbocycles. The van der Waals surface area contributed by atoms with Gasteiger partial charge in [0.1, 0.15) is 17.4 Å². The van der Waals surface area contributed by atoms with Crippen molar-refractivity contribution in [1.82, 2.24) is 0 Å². The standard InChI is InChI=1S/C14H12BrF2NO/c1-19-14-5-2-10(15)6-9(14)8-18-13-7-11(16)3-4-12(13)17/h2-7,18H,8H2,1H3. The van der Waals surface area contributed by atoms with Gasteiger partial charge in [-0.15, -0.1) is 0 Å². The molecule has 2 aromatic rings. The van der Waals surface area contributed by atoms with Crippen molar-refractivity contribution in [3.8, 4) is 5.75 Å². The Morgan fingerprint density at radius 1 is 1.16 bits per heavy atom. The molecule has 0 aliphatic rings. The van der Waals surface area contributed by atoms with Gasteiger partial charge in [0.05, 0.1) is 12.8 Å². The van der Waals surface area contributed by atoms with Gasteiger partial charge < -0.3 is 10.1 Å². The highest BCUT2D eigenvalue weighted by Gasteiger charge is 2.07. The number of ether oxygens (including phenoxy) is 1. The minimum Gasteiger partial charge on any atom is -0.496 e. The first kappa shape index (κ1) is 13.8. The second-order valence-electron chi connectivity index (χ2n) is 3.93. The van der Waals surface area contributed by atoms with Gasteiger partial charge in [-0.2, -0.15) is 0 Å². The van der Waals surface area contributed by atoms with Gasteiger partial charge in [-0.25, -0.2) is 8.78 Å². The SMILES string of the molecule is COc1ccc(Br)cc1CNc1cc(F)ccc1F. The predicted molar refractivity (Wildman–Crippen MR) is 74.4 cm³/mol. The van der Waals surface area contributed by atoms with Crippen molar-refractivity contribution in [2.75, 3.05) is 12.4 Å². The fraction of sp³-hybridized carbons (Fsp3) is 0.143. The van der Waals surface area contributed by atoms with Crippen LogP contribution >= 0.6 is 15.9 Å². The third-order valence-corrected chi connectivity index (χ3v) is 3.13. The summed E-state index contributed by atoms with van der Waals surface area (Å²) in [5, 5.41) is 2.86. The Labute approximate surface area is 118 Å². The zero-order chi connectivity index (χ0) is 13.8. The first-order chi connectivity index (χ1) is 9.10. The van der Waals surface area contributed by atoms with E-state index in [0.717, 1.165) is 28.2 Å². The number of benzene rings is 2. The summed E-state index contributed by atoms with van der Waals surface area (Å²) in [7, 11) is 1.56. The highest BCUT2D eigenvalue weighted by atomic mass is 79.9. The second kappa shape index (κ2) is 6.02. The molecule has 0 aromatic heterocycles. The normalized spacial score (nSPS) is 10.3. The molecule has 0 saturated heterocycles. The van der Waals surface area contributed by atoms with E-state index in [1.54, 1.807) is 7.11 Å². The number of hydrogen-bond donors (Lipinski definition) is 1. The quantitative estimate of drug-likeness (QED) is 0.901. The van der Waals surface area contributed by atoms with Crippen LogP contribution in [0.1, 0.15) is 5.56 Å². The van der Waals surface area contributed by atoms with Crippen molar-refractivity contribution in [2.24, 2.45) is 0 Å². The Balaban J connectivity index is 2.18. The topological polar surface area (TPSA) is 21.3 Å². The fourth-order valence-electron chi connectivity index (χ4n) is 1.71. The largest absolute Gasteiger partial charge is 0.496 e. The van der Waals surface area contributed by atoms with E-state index in [4.69, 9.17) is 4.74 Å². The average Bonchev–Trinajstić information content (AvgIpc) is 2.40. The van der Waals surface area contributed by atoms with Gasteiger partial charge >= 0.3 is 0 Å². The first-order valence-electron chi connectivity index (χ1n) is 5.61. The van der Waals surface area contributed by atoms with Gasteiger partial charge in [-0.3, -0.25) is 0 Å². The molecule has 0 saturated carbocycles. The van der Waals surface area contributed by atoms with Crippen molar-refractivity contribution < 1.29 is 13.5 Å². The lowest BCUT2D eigenvalue weighted by Crippen LogP contribution is -2.03. The van der Waals surface area contributed by atoms with Gasteiger partial charge in [-0.1, -0.05) is 15.9 Å². The summed E-state index contributed by atoms with van der Waals surface area (Å²) in [6.45, 7) is 0.336. The fourth-order valence-corrected chi connectivity index (χ4v) is 2.12. The van der Waals surface area contributed by atoms with Crippen LogP contribution in [0, 0.1) is 11.6 Å². The lowest BCUT2D eigenvalue weighted by atomic mass is 10.2. The van der Waals surface area contributed by atoms with Crippen LogP contribution in [-0.2, 0) is 6.54 Å². The molecule has 0 atom stereocenters. The van der Waals surface area contributed by atoms with Gasteiger partial charge in [0.2, 0.25) is 0 Å². The minimum atomic E-state index is -0.490. The summed E-state index contributed by atoms with van der Waals surface area (Å²) in [6.07, 6.45) is 0. The molecule has 1 N–H and O–H groups in total. The van der Waals surface area contributed by atoms with E-state index in [9.17, 15) is 8.78 Å². The number of anilines is 1. The number of hydrogen-bond acceptors (Lipinski definition) is 2. The van der Waals surface area contributed by atoms with Crippen LogP contribution in [0.25, 0.3) is 0 Å². The Kier molecular flexibility index (Phi) is 4.37. The molecule has 2 rings (SSSR count). The summed E-state index contributed by atoms with van der Waals surface area (Å²) in [5.41, 5.74) is 0.975. The van der Waals surface area contributed by atoms with Crippen LogP contribution in [-0.4, -0.2) is 7.11 Å². The van der Waals surface area contributed by atoms with Gasteiger partial charge in [-0.05, 0) is 36.4 Å². The van der Waals surface area contributed by atoms with Gasteiger partial charge in [0, 0.05) is 16.6 Å². The molecule has 19 heavy (non-hydrogen) atoms. The average molecular weight is 328 g/mol. The minimum absolute atomic E-state index is 0.127. The van der Waals surface area contributed by atoms with Crippen LogP contribution < -0.4 is 10.1 Å². The highest BCUT2D eigenvalue weighted by Crippen LogP contribution is 2.24. The van der Waals surface area contributed by atoms with E-state index < -0.39 is 11.6 Å². The zero-order valence-electron chi connectivity index (χ0n) is 10.2. The molecule has 0 aliphatic heterocycles.